The molecule has 1 aromatic rings. The third-order valence-corrected chi connectivity index (χ3v) is 3.42. The summed E-state index contributed by atoms with van der Waals surface area (Å²) in [6, 6.07) is 1.06. The van der Waals surface area contributed by atoms with Crippen LogP contribution in [0.4, 0.5) is 8.78 Å². The zero-order valence-electron chi connectivity index (χ0n) is 8.82. The third-order valence-electron chi connectivity index (χ3n) is 2.84. The van der Waals surface area contributed by atoms with Crippen LogP contribution in [0.5, 0.6) is 5.75 Å². The summed E-state index contributed by atoms with van der Waals surface area (Å²) < 4.78 is 32.4. The van der Waals surface area contributed by atoms with Crippen molar-refractivity contribution >= 4 is 15.9 Å². The molecule has 88 valence electrons. The van der Waals surface area contributed by atoms with Crippen LogP contribution in [0, 0.1) is 11.6 Å². The molecule has 1 saturated carbocycles. The molecule has 1 aromatic carbocycles. The highest BCUT2D eigenvalue weighted by molar-refractivity contribution is 9.10. The molecule has 0 unspecified atom stereocenters. The highest BCUT2D eigenvalue weighted by Crippen LogP contribution is 2.40. The molecular formula is C11H12BrF2NO. The van der Waals surface area contributed by atoms with E-state index in [0.29, 0.717) is 6.42 Å². The van der Waals surface area contributed by atoms with Crippen molar-refractivity contribution in [1.82, 2.24) is 0 Å². The zero-order valence-corrected chi connectivity index (χ0v) is 10.4. The maximum Gasteiger partial charge on any atom is 0.166 e. The lowest BCUT2D eigenvalue weighted by atomic mass is 10.0. The van der Waals surface area contributed by atoms with Crippen molar-refractivity contribution in [3.8, 4) is 5.75 Å². The van der Waals surface area contributed by atoms with Crippen LogP contribution in [0.1, 0.15) is 18.4 Å². The van der Waals surface area contributed by atoms with Crippen molar-refractivity contribution in [3.05, 3.63) is 27.7 Å². The Balaban J connectivity index is 2.47. The summed E-state index contributed by atoms with van der Waals surface area (Å²) in [5.41, 5.74) is 5.74. The minimum atomic E-state index is -0.574. The molecule has 0 atom stereocenters. The van der Waals surface area contributed by atoms with Crippen LogP contribution >= 0.6 is 15.9 Å². The predicted molar refractivity (Wildman–Crippen MR) is 60.5 cm³/mol. The van der Waals surface area contributed by atoms with Gasteiger partial charge in [-0.3, -0.25) is 0 Å². The largest absolute Gasteiger partial charge is 0.493 e. The standard InChI is InChI=1S/C11H12BrF2NO/c1-16-10-6(5-11(15)2-3-11)9(14)7(12)4-8(10)13/h4H,2-3,5,15H2,1H3. The number of halogens is 3. The van der Waals surface area contributed by atoms with Gasteiger partial charge >= 0.3 is 0 Å². The van der Waals surface area contributed by atoms with Crippen molar-refractivity contribution in [2.24, 2.45) is 5.73 Å². The van der Waals surface area contributed by atoms with E-state index in [1.165, 1.54) is 7.11 Å². The lowest BCUT2D eigenvalue weighted by Gasteiger charge is -2.15. The maximum absolute atomic E-state index is 13.8. The zero-order chi connectivity index (χ0) is 11.9. The van der Waals surface area contributed by atoms with E-state index < -0.39 is 11.6 Å². The number of benzene rings is 1. The summed E-state index contributed by atoms with van der Waals surface area (Å²) in [6.07, 6.45) is 1.98. The second-order valence-corrected chi connectivity index (χ2v) is 5.06. The van der Waals surface area contributed by atoms with Gasteiger partial charge in [0.15, 0.2) is 11.6 Å². The van der Waals surface area contributed by atoms with Gasteiger partial charge in [0.1, 0.15) is 5.82 Å². The van der Waals surface area contributed by atoms with Gasteiger partial charge in [-0.15, -0.1) is 0 Å². The van der Waals surface area contributed by atoms with Crippen LogP contribution < -0.4 is 10.5 Å². The quantitative estimate of drug-likeness (QED) is 0.869. The molecule has 16 heavy (non-hydrogen) atoms. The van der Waals surface area contributed by atoms with Crippen molar-refractivity contribution in [1.29, 1.82) is 0 Å². The monoisotopic (exact) mass is 291 g/mol. The molecule has 0 aromatic heterocycles. The molecule has 1 fully saturated rings. The fourth-order valence-electron chi connectivity index (χ4n) is 1.70. The number of ether oxygens (including phenoxy) is 1. The summed E-state index contributed by atoms with van der Waals surface area (Å²) in [5.74, 6) is -1.11. The maximum atomic E-state index is 13.8. The van der Waals surface area contributed by atoms with Crippen LogP contribution in [0.3, 0.4) is 0 Å². The molecule has 0 aliphatic heterocycles. The average Bonchev–Trinajstić information content (AvgIpc) is 2.93. The molecular weight excluding hydrogens is 280 g/mol. The highest BCUT2D eigenvalue weighted by atomic mass is 79.9. The van der Waals surface area contributed by atoms with Crippen molar-refractivity contribution in [2.45, 2.75) is 24.8 Å². The molecule has 5 heteroatoms. The Morgan fingerprint density at radius 2 is 2.12 bits per heavy atom. The fourth-order valence-corrected chi connectivity index (χ4v) is 2.14. The Kier molecular flexibility index (Phi) is 2.92. The molecule has 1 aliphatic rings. The Morgan fingerprint density at radius 3 is 2.62 bits per heavy atom. The van der Waals surface area contributed by atoms with Gasteiger partial charge in [-0.25, -0.2) is 8.78 Å². The number of nitrogens with two attached hydrogens (primary N) is 1. The minimum absolute atomic E-state index is 0.0441. The summed E-state index contributed by atoms with van der Waals surface area (Å²) >= 11 is 2.98. The van der Waals surface area contributed by atoms with E-state index in [0.717, 1.165) is 18.9 Å². The van der Waals surface area contributed by atoms with Crippen molar-refractivity contribution < 1.29 is 13.5 Å². The smallest absolute Gasteiger partial charge is 0.166 e. The second kappa shape index (κ2) is 3.96. The average molecular weight is 292 g/mol. The van der Waals surface area contributed by atoms with Crippen LogP contribution in [0.15, 0.2) is 10.5 Å². The predicted octanol–water partition coefficient (Wildman–Crippen LogP) is 2.77. The van der Waals surface area contributed by atoms with Gasteiger partial charge in [-0.1, -0.05) is 0 Å². The lowest BCUT2D eigenvalue weighted by Crippen LogP contribution is -2.25. The Bertz CT molecular complexity index is 432. The van der Waals surface area contributed by atoms with Crippen LogP contribution in [-0.4, -0.2) is 12.6 Å². The number of hydrogen-bond donors (Lipinski definition) is 1. The normalized spacial score (nSPS) is 17.3. The SMILES string of the molecule is COc1c(F)cc(Br)c(F)c1CC1(N)CC1. The van der Waals surface area contributed by atoms with Gasteiger partial charge in [-0.05, 0) is 41.3 Å². The van der Waals surface area contributed by atoms with E-state index in [4.69, 9.17) is 10.5 Å². The summed E-state index contributed by atoms with van der Waals surface area (Å²) in [5, 5.41) is 0. The van der Waals surface area contributed by atoms with Crippen LogP contribution in [-0.2, 0) is 6.42 Å². The fraction of sp³-hybridized carbons (Fsp3) is 0.455. The van der Waals surface area contributed by atoms with Gasteiger partial charge in [0.05, 0.1) is 11.6 Å². The summed E-state index contributed by atoms with van der Waals surface area (Å²) in [6.45, 7) is 0. The van der Waals surface area contributed by atoms with E-state index in [2.05, 4.69) is 15.9 Å². The van der Waals surface area contributed by atoms with E-state index in [-0.39, 0.29) is 21.3 Å². The molecule has 0 heterocycles. The Labute approximate surface area is 101 Å². The molecule has 1 aliphatic carbocycles. The van der Waals surface area contributed by atoms with E-state index in [1.807, 2.05) is 0 Å². The topological polar surface area (TPSA) is 35.2 Å². The van der Waals surface area contributed by atoms with Gasteiger partial charge in [0.25, 0.3) is 0 Å². The first-order chi connectivity index (χ1) is 7.47. The minimum Gasteiger partial charge on any atom is -0.493 e. The third kappa shape index (κ3) is 2.06. The molecule has 0 saturated heterocycles. The summed E-state index contributed by atoms with van der Waals surface area (Å²) in [4.78, 5) is 0. The van der Waals surface area contributed by atoms with Gasteiger partial charge < -0.3 is 10.5 Å². The first-order valence-electron chi connectivity index (χ1n) is 4.96. The number of rotatable bonds is 3. The van der Waals surface area contributed by atoms with Gasteiger partial charge in [0, 0.05) is 11.1 Å². The first-order valence-corrected chi connectivity index (χ1v) is 5.75. The molecule has 0 amide bonds. The van der Waals surface area contributed by atoms with Gasteiger partial charge in [0.2, 0.25) is 0 Å². The Hall–Kier alpha value is -0.680. The molecule has 0 radical (unpaired) electrons. The number of hydrogen-bond acceptors (Lipinski definition) is 2. The molecule has 0 spiro atoms. The molecule has 0 bridgehead atoms. The van der Waals surface area contributed by atoms with Crippen molar-refractivity contribution in [2.75, 3.05) is 7.11 Å². The highest BCUT2D eigenvalue weighted by Gasteiger charge is 2.40. The van der Waals surface area contributed by atoms with E-state index >= 15 is 0 Å². The second-order valence-electron chi connectivity index (χ2n) is 4.21. The van der Waals surface area contributed by atoms with Gasteiger partial charge in [-0.2, -0.15) is 0 Å². The van der Waals surface area contributed by atoms with Crippen LogP contribution in [0.2, 0.25) is 0 Å². The summed E-state index contributed by atoms with van der Waals surface area (Å²) in [7, 11) is 1.32. The molecule has 2 rings (SSSR count). The molecule has 2 nitrogen and oxygen atoms in total. The molecule has 2 N–H and O–H groups in total. The van der Waals surface area contributed by atoms with Crippen molar-refractivity contribution in [3.63, 3.8) is 0 Å². The van der Waals surface area contributed by atoms with E-state index in [9.17, 15) is 8.78 Å². The van der Waals surface area contributed by atoms with Crippen LogP contribution in [0.25, 0.3) is 0 Å². The van der Waals surface area contributed by atoms with E-state index in [1.54, 1.807) is 0 Å². The Morgan fingerprint density at radius 1 is 1.50 bits per heavy atom. The number of methoxy groups -OCH3 is 1. The first kappa shape index (κ1) is 11.8. The lowest BCUT2D eigenvalue weighted by molar-refractivity contribution is 0.373.